The summed E-state index contributed by atoms with van der Waals surface area (Å²) in [7, 11) is -26.8. The number of rotatable bonds is 16. The molecule has 0 aromatic rings. The van der Waals surface area contributed by atoms with Gasteiger partial charge in [0, 0.05) is 57.6 Å². The summed E-state index contributed by atoms with van der Waals surface area (Å²) in [5.41, 5.74) is 0. The van der Waals surface area contributed by atoms with E-state index < -0.39 is 95.6 Å². The van der Waals surface area contributed by atoms with Gasteiger partial charge in [0.2, 0.25) is 0 Å². The molecule has 0 amide bonds. The fourth-order valence-corrected chi connectivity index (χ4v) is 6.43. The van der Waals surface area contributed by atoms with Crippen molar-refractivity contribution in [3.8, 4) is 0 Å². The van der Waals surface area contributed by atoms with Gasteiger partial charge in [0.25, 0.3) is 0 Å². The molecule has 0 radical (unpaired) electrons. The van der Waals surface area contributed by atoms with Crippen molar-refractivity contribution in [2.24, 2.45) is 0 Å². The van der Waals surface area contributed by atoms with Crippen LogP contribution in [-0.4, -0.2) is 72.3 Å². The summed E-state index contributed by atoms with van der Waals surface area (Å²) < 4.78 is 54.6. The lowest BCUT2D eigenvalue weighted by Crippen LogP contribution is -2.45. The van der Waals surface area contributed by atoms with Crippen molar-refractivity contribution in [3.63, 3.8) is 0 Å². The summed E-state index contributed by atoms with van der Waals surface area (Å²) in [6.07, 6.45) is -7.03. The van der Waals surface area contributed by atoms with Crippen LogP contribution in [0.3, 0.4) is 0 Å². The van der Waals surface area contributed by atoms with Crippen LogP contribution < -0.4 is 48.9 Å². The first kappa shape index (κ1) is 32.6. The van der Waals surface area contributed by atoms with Crippen molar-refractivity contribution >= 4 is 38.0 Å². The Hall–Kier alpha value is 0.630. The summed E-state index contributed by atoms with van der Waals surface area (Å²) in [6, 6.07) is 0. The molecule has 0 saturated heterocycles. The fraction of sp³-hybridized carbons (Fsp3) is 1.00. The van der Waals surface area contributed by atoms with Gasteiger partial charge in [0.1, 0.15) is 0 Å². The molecule has 0 rings (SSSR count). The Bertz CT molecular complexity index is 720. The van der Waals surface area contributed by atoms with Gasteiger partial charge in [0.05, 0.1) is 0 Å². The SMILES string of the molecule is O=P([O-])([O-])CN(CCN(CP(=O)([O-])[O-])CP(=O)([O-])[O-])CCN(CP(=O)([O-])[O-])CP(=O)([O-])[O-]. The first-order valence-electron chi connectivity index (χ1n) is 8.17. The van der Waals surface area contributed by atoms with Crippen LogP contribution in [-0.2, 0) is 22.8 Å². The Kier molecular flexibility index (Phi) is 12.8. The number of nitrogens with zero attached hydrogens (tertiary/aromatic N) is 3. The van der Waals surface area contributed by atoms with E-state index in [-0.39, 0.29) is 0 Å². The Morgan fingerprint density at radius 2 is 0.500 bits per heavy atom. The Labute approximate surface area is 182 Å². The van der Waals surface area contributed by atoms with Gasteiger partial charge in [0.15, 0.2) is 0 Å². The van der Waals surface area contributed by atoms with E-state index in [0.29, 0.717) is 14.7 Å². The van der Waals surface area contributed by atoms with Crippen molar-refractivity contribution in [2.45, 2.75) is 0 Å². The standard InChI is InChI=1S/C9H28N3O15P5/c13-28(14,15)5-10(1-3-11(6-29(16,17)18)7-30(19,20)21)2-4-12(8-31(22,23)24)9-32(25,26)27/h1-9H2,(H2,13,14,15)(H2,16,17,18)(H2,19,20,21)(H2,22,23,24)(H2,25,26,27)/p-10. The van der Waals surface area contributed by atoms with E-state index in [9.17, 15) is 71.8 Å². The maximum Gasteiger partial charge on any atom is 0.0264 e. The summed E-state index contributed by atoms with van der Waals surface area (Å²) in [6.45, 7) is -2.82. The third kappa shape index (κ3) is 21.2. The molecule has 0 saturated carbocycles. The van der Waals surface area contributed by atoms with E-state index in [1.165, 1.54) is 0 Å². The predicted molar refractivity (Wildman–Crippen MR) is 87.4 cm³/mol. The zero-order valence-electron chi connectivity index (χ0n) is 16.1. The monoisotopic (exact) mass is 563 g/mol. The largest absolute Gasteiger partial charge is 0.810 e. The van der Waals surface area contributed by atoms with Gasteiger partial charge in [-0.1, -0.05) is 38.0 Å². The van der Waals surface area contributed by atoms with Crippen LogP contribution in [0.1, 0.15) is 0 Å². The van der Waals surface area contributed by atoms with Crippen molar-refractivity contribution < 1.29 is 71.8 Å². The van der Waals surface area contributed by atoms with Gasteiger partial charge in [-0.2, -0.15) is 0 Å². The van der Waals surface area contributed by atoms with E-state index in [0.717, 1.165) is 0 Å². The van der Waals surface area contributed by atoms with Gasteiger partial charge in [-0.05, 0) is 0 Å². The van der Waals surface area contributed by atoms with Crippen LogP contribution in [0.25, 0.3) is 0 Å². The molecule has 18 nitrogen and oxygen atoms in total. The molecule has 32 heavy (non-hydrogen) atoms. The van der Waals surface area contributed by atoms with E-state index in [4.69, 9.17) is 0 Å². The van der Waals surface area contributed by atoms with Gasteiger partial charge < -0.3 is 71.8 Å². The summed E-state index contributed by atoms with van der Waals surface area (Å²) in [5, 5.41) is 0. The first-order valence-corrected chi connectivity index (χ1v) is 16.8. The van der Waals surface area contributed by atoms with Crippen molar-refractivity contribution in [3.05, 3.63) is 0 Å². The highest BCUT2D eigenvalue weighted by Gasteiger charge is 2.16. The minimum absolute atomic E-state index is 0.347. The number of hydrogen-bond acceptors (Lipinski definition) is 18. The van der Waals surface area contributed by atoms with Crippen LogP contribution in [0.2, 0.25) is 0 Å². The van der Waals surface area contributed by atoms with Crippen molar-refractivity contribution in [1.29, 1.82) is 0 Å². The molecular formula is C9H18N3O15P5-10. The second-order valence-electron chi connectivity index (χ2n) is 6.67. The molecule has 194 valence electrons. The number of hydrogen-bond donors (Lipinski definition) is 0. The van der Waals surface area contributed by atoms with Gasteiger partial charge >= 0.3 is 0 Å². The molecule has 0 aromatic heterocycles. The first-order chi connectivity index (χ1) is 13.9. The molecular weight excluding hydrogens is 545 g/mol. The molecule has 0 aliphatic heterocycles. The minimum Gasteiger partial charge on any atom is -0.810 e. The highest BCUT2D eigenvalue weighted by molar-refractivity contribution is 7.50. The van der Waals surface area contributed by atoms with E-state index in [2.05, 4.69) is 0 Å². The lowest BCUT2D eigenvalue weighted by atomic mass is 10.4. The summed E-state index contributed by atoms with van der Waals surface area (Å²) in [4.78, 5) is 111. The van der Waals surface area contributed by atoms with Crippen LogP contribution in [0.15, 0.2) is 0 Å². The highest BCUT2D eigenvalue weighted by Crippen LogP contribution is 2.32. The average molecular weight is 563 g/mol. The molecule has 0 N–H and O–H groups in total. The topological polar surface area (TPSA) is 326 Å². The Balaban J connectivity index is 5.41. The van der Waals surface area contributed by atoms with Gasteiger partial charge in [-0.25, -0.2) is 0 Å². The molecule has 0 unspecified atom stereocenters. The highest BCUT2D eigenvalue weighted by atomic mass is 31.2. The zero-order valence-corrected chi connectivity index (χ0v) is 20.5. The minimum atomic E-state index is -5.37. The lowest BCUT2D eigenvalue weighted by Gasteiger charge is -2.43. The molecule has 0 heterocycles. The Morgan fingerprint density at radius 3 is 0.688 bits per heavy atom. The normalized spacial score (nSPS) is 14.7. The molecule has 0 spiro atoms. The molecule has 0 atom stereocenters. The molecule has 0 fully saturated rings. The van der Waals surface area contributed by atoms with E-state index >= 15 is 0 Å². The second-order valence-corrected chi connectivity index (χ2v) is 14.2. The second kappa shape index (κ2) is 12.5. The maximum absolute atomic E-state index is 11.1. The lowest BCUT2D eigenvalue weighted by molar-refractivity contribution is -0.321. The quantitative estimate of drug-likeness (QED) is 0.157. The Morgan fingerprint density at radius 1 is 0.344 bits per heavy atom. The van der Waals surface area contributed by atoms with E-state index in [1.54, 1.807) is 0 Å². The van der Waals surface area contributed by atoms with Crippen LogP contribution >= 0.6 is 38.0 Å². The van der Waals surface area contributed by atoms with Gasteiger partial charge in [-0.15, -0.1) is 0 Å². The summed E-state index contributed by atoms with van der Waals surface area (Å²) in [5.74, 6) is 0. The zero-order chi connectivity index (χ0) is 25.6. The molecule has 0 bridgehead atoms. The fourth-order valence-electron chi connectivity index (χ4n) is 2.42. The maximum atomic E-state index is 11.1. The van der Waals surface area contributed by atoms with Gasteiger partial charge in [-0.3, -0.25) is 14.7 Å². The molecule has 23 heteroatoms. The predicted octanol–water partition coefficient (Wildman–Crippen LogP) is -8.75. The molecule has 0 aliphatic carbocycles. The van der Waals surface area contributed by atoms with E-state index in [1.807, 2.05) is 0 Å². The third-order valence-corrected chi connectivity index (χ3v) is 7.06. The van der Waals surface area contributed by atoms with Crippen LogP contribution in [0.4, 0.5) is 0 Å². The third-order valence-electron chi connectivity index (χ3n) is 3.33. The van der Waals surface area contributed by atoms with Crippen molar-refractivity contribution in [2.75, 3.05) is 57.6 Å². The summed E-state index contributed by atoms with van der Waals surface area (Å²) >= 11 is 0. The van der Waals surface area contributed by atoms with Crippen LogP contribution in [0, 0.1) is 0 Å². The van der Waals surface area contributed by atoms with Crippen LogP contribution in [0.5, 0.6) is 0 Å². The average Bonchev–Trinajstić information content (AvgIpc) is 2.41. The van der Waals surface area contributed by atoms with Crippen molar-refractivity contribution in [1.82, 2.24) is 14.7 Å². The smallest absolute Gasteiger partial charge is 0.0264 e. The molecule has 0 aromatic carbocycles. The molecule has 0 aliphatic rings.